The Morgan fingerprint density at radius 2 is 2.31 bits per heavy atom. The van der Waals surface area contributed by atoms with Crippen molar-refractivity contribution in [3.05, 3.63) is 17.0 Å². The number of likely N-dealkylation sites (tertiary alicyclic amines) is 1. The van der Waals surface area contributed by atoms with E-state index in [4.69, 9.17) is 4.52 Å². The lowest BCUT2D eigenvalue weighted by Gasteiger charge is -2.15. The molecule has 1 aromatic rings. The molecule has 1 atom stereocenters. The Labute approximate surface area is 99.4 Å². The molecule has 2 heterocycles. The zero-order chi connectivity index (χ0) is 11.7. The third-order valence-corrected chi connectivity index (χ3v) is 4.06. The number of amides is 1. The molecule has 2 rings (SSSR count). The minimum absolute atomic E-state index is 0.0628. The second-order valence-electron chi connectivity index (χ2n) is 4.10. The first kappa shape index (κ1) is 11.5. The van der Waals surface area contributed by atoms with Crippen molar-refractivity contribution in [3.63, 3.8) is 0 Å². The standard InChI is InChI=1S/C11H16N2O2S/c1-7-10(8(2)15-12-7)11(14)13-5-4-9(6-13)16-3/h9H,4-6H2,1-3H3/t9-/m1/s1. The molecule has 0 N–H and O–H groups in total. The van der Waals surface area contributed by atoms with Gasteiger partial charge in [0.2, 0.25) is 0 Å². The van der Waals surface area contributed by atoms with Gasteiger partial charge in [-0.1, -0.05) is 5.16 Å². The smallest absolute Gasteiger partial charge is 0.259 e. The van der Waals surface area contributed by atoms with Crippen LogP contribution in [-0.2, 0) is 0 Å². The lowest BCUT2D eigenvalue weighted by molar-refractivity contribution is 0.0791. The van der Waals surface area contributed by atoms with E-state index in [0.717, 1.165) is 19.5 Å². The van der Waals surface area contributed by atoms with Crippen molar-refractivity contribution in [3.8, 4) is 0 Å². The van der Waals surface area contributed by atoms with Gasteiger partial charge in [0.15, 0.2) is 0 Å². The summed E-state index contributed by atoms with van der Waals surface area (Å²) in [5.41, 5.74) is 1.33. The minimum atomic E-state index is 0.0628. The SMILES string of the molecule is CS[C@@H]1CCN(C(=O)c2c(C)noc2C)C1. The van der Waals surface area contributed by atoms with Crippen LogP contribution in [0.5, 0.6) is 0 Å². The van der Waals surface area contributed by atoms with E-state index in [1.165, 1.54) is 0 Å². The molecule has 16 heavy (non-hydrogen) atoms. The summed E-state index contributed by atoms with van der Waals surface area (Å²) in [6, 6.07) is 0. The second kappa shape index (κ2) is 4.49. The molecule has 5 heteroatoms. The molecular weight excluding hydrogens is 224 g/mol. The van der Waals surface area contributed by atoms with Gasteiger partial charge in [0.1, 0.15) is 11.3 Å². The van der Waals surface area contributed by atoms with Crippen LogP contribution < -0.4 is 0 Å². The fraction of sp³-hybridized carbons (Fsp3) is 0.636. The van der Waals surface area contributed by atoms with Crippen LogP contribution in [0.3, 0.4) is 0 Å². The third kappa shape index (κ3) is 1.96. The maximum atomic E-state index is 12.2. The highest BCUT2D eigenvalue weighted by molar-refractivity contribution is 7.99. The van der Waals surface area contributed by atoms with Crippen LogP contribution in [0.1, 0.15) is 28.2 Å². The Hall–Kier alpha value is -0.970. The van der Waals surface area contributed by atoms with E-state index < -0.39 is 0 Å². The predicted octanol–water partition coefficient (Wildman–Crippen LogP) is 1.87. The molecule has 0 radical (unpaired) electrons. The molecule has 4 nitrogen and oxygen atoms in total. The number of thioether (sulfide) groups is 1. The fourth-order valence-corrected chi connectivity index (χ4v) is 2.72. The van der Waals surface area contributed by atoms with Crippen LogP contribution in [0.25, 0.3) is 0 Å². The highest BCUT2D eigenvalue weighted by atomic mass is 32.2. The molecule has 1 saturated heterocycles. The Kier molecular flexibility index (Phi) is 3.23. The summed E-state index contributed by atoms with van der Waals surface area (Å²) in [5.74, 6) is 0.683. The van der Waals surface area contributed by atoms with Crippen LogP contribution in [0, 0.1) is 13.8 Å². The topological polar surface area (TPSA) is 46.3 Å². The van der Waals surface area contributed by atoms with Gasteiger partial charge in [0.05, 0.1) is 5.69 Å². The summed E-state index contributed by atoms with van der Waals surface area (Å²) < 4.78 is 5.03. The first-order valence-electron chi connectivity index (χ1n) is 5.38. The van der Waals surface area contributed by atoms with Crippen molar-refractivity contribution in [1.29, 1.82) is 0 Å². The lowest BCUT2D eigenvalue weighted by Crippen LogP contribution is -2.29. The molecule has 1 amide bonds. The monoisotopic (exact) mass is 240 g/mol. The van der Waals surface area contributed by atoms with Gasteiger partial charge in [-0.25, -0.2) is 0 Å². The fourth-order valence-electron chi connectivity index (χ4n) is 2.05. The van der Waals surface area contributed by atoms with Crippen molar-refractivity contribution < 1.29 is 9.32 Å². The quantitative estimate of drug-likeness (QED) is 0.791. The Morgan fingerprint density at radius 3 is 2.81 bits per heavy atom. The maximum absolute atomic E-state index is 12.2. The van der Waals surface area contributed by atoms with Crippen LogP contribution >= 0.6 is 11.8 Å². The third-order valence-electron chi connectivity index (χ3n) is 3.01. The molecular formula is C11H16N2O2S. The minimum Gasteiger partial charge on any atom is -0.361 e. The highest BCUT2D eigenvalue weighted by Gasteiger charge is 2.29. The predicted molar refractivity (Wildman–Crippen MR) is 63.8 cm³/mol. The average molecular weight is 240 g/mol. The van der Waals surface area contributed by atoms with E-state index in [-0.39, 0.29) is 5.91 Å². The van der Waals surface area contributed by atoms with Gasteiger partial charge in [-0.05, 0) is 26.5 Å². The maximum Gasteiger partial charge on any atom is 0.259 e. The van der Waals surface area contributed by atoms with Crippen LogP contribution in [0.2, 0.25) is 0 Å². The zero-order valence-electron chi connectivity index (χ0n) is 9.82. The first-order chi connectivity index (χ1) is 7.63. The summed E-state index contributed by atoms with van der Waals surface area (Å²) >= 11 is 1.83. The molecule has 1 aliphatic heterocycles. The Balaban J connectivity index is 2.15. The molecule has 0 aliphatic carbocycles. The van der Waals surface area contributed by atoms with Gasteiger partial charge in [-0.3, -0.25) is 4.79 Å². The van der Waals surface area contributed by atoms with Crippen LogP contribution in [0.15, 0.2) is 4.52 Å². The first-order valence-corrected chi connectivity index (χ1v) is 6.67. The summed E-state index contributed by atoms with van der Waals surface area (Å²) in [6.45, 7) is 5.28. The molecule has 1 fully saturated rings. The summed E-state index contributed by atoms with van der Waals surface area (Å²) in [6.07, 6.45) is 3.17. The second-order valence-corrected chi connectivity index (χ2v) is 5.23. The number of hydrogen-bond donors (Lipinski definition) is 0. The van der Waals surface area contributed by atoms with Crippen molar-refractivity contribution in [2.24, 2.45) is 0 Å². The summed E-state index contributed by atoms with van der Waals surface area (Å²) in [4.78, 5) is 14.1. The van der Waals surface area contributed by atoms with E-state index in [1.54, 1.807) is 6.92 Å². The number of aryl methyl sites for hydroxylation is 2. The number of carbonyl (C=O) groups is 1. The van der Waals surface area contributed by atoms with Gasteiger partial charge in [0.25, 0.3) is 5.91 Å². The van der Waals surface area contributed by atoms with Crippen molar-refractivity contribution >= 4 is 17.7 Å². The zero-order valence-corrected chi connectivity index (χ0v) is 10.6. The number of nitrogens with zero attached hydrogens (tertiary/aromatic N) is 2. The largest absolute Gasteiger partial charge is 0.361 e. The van der Waals surface area contributed by atoms with Gasteiger partial charge < -0.3 is 9.42 Å². The Bertz CT molecular complexity index is 383. The molecule has 88 valence electrons. The average Bonchev–Trinajstić information content (AvgIpc) is 2.85. The molecule has 1 aromatic heterocycles. The normalized spacial score (nSPS) is 20.4. The number of aromatic nitrogens is 1. The van der Waals surface area contributed by atoms with Crippen molar-refractivity contribution in [1.82, 2.24) is 10.1 Å². The van der Waals surface area contributed by atoms with Crippen molar-refractivity contribution in [2.45, 2.75) is 25.5 Å². The molecule has 0 aromatic carbocycles. The molecule has 0 saturated carbocycles. The van der Waals surface area contributed by atoms with E-state index in [1.807, 2.05) is 23.6 Å². The highest BCUT2D eigenvalue weighted by Crippen LogP contribution is 2.23. The van der Waals surface area contributed by atoms with Gasteiger partial charge in [-0.2, -0.15) is 11.8 Å². The molecule has 0 spiro atoms. The van der Waals surface area contributed by atoms with Crippen LogP contribution in [-0.4, -0.2) is 40.6 Å². The lowest BCUT2D eigenvalue weighted by atomic mass is 10.2. The number of rotatable bonds is 2. The van der Waals surface area contributed by atoms with E-state index >= 15 is 0 Å². The summed E-state index contributed by atoms with van der Waals surface area (Å²) in [5, 5.41) is 4.39. The molecule has 0 bridgehead atoms. The van der Waals surface area contributed by atoms with Crippen molar-refractivity contribution in [2.75, 3.05) is 19.3 Å². The van der Waals surface area contributed by atoms with Gasteiger partial charge >= 0.3 is 0 Å². The summed E-state index contributed by atoms with van der Waals surface area (Å²) in [7, 11) is 0. The number of carbonyl (C=O) groups excluding carboxylic acids is 1. The van der Waals surface area contributed by atoms with Gasteiger partial charge in [0, 0.05) is 18.3 Å². The van der Waals surface area contributed by atoms with Crippen LogP contribution in [0.4, 0.5) is 0 Å². The molecule has 1 aliphatic rings. The van der Waals surface area contributed by atoms with E-state index in [0.29, 0.717) is 22.3 Å². The van der Waals surface area contributed by atoms with E-state index in [2.05, 4.69) is 11.4 Å². The number of hydrogen-bond acceptors (Lipinski definition) is 4. The van der Waals surface area contributed by atoms with Gasteiger partial charge in [-0.15, -0.1) is 0 Å². The molecule has 0 unspecified atom stereocenters. The van der Waals surface area contributed by atoms with E-state index in [9.17, 15) is 4.79 Å². The Morgan fingerprint density at radius 1 is 1.56 bits per heavy atom.